The van der Waals surface area contributed by atoms with Crippen LogP contribution < -0.4 is 4.74 Å². The molecule has 0 unspecified atom stereocenters. The lowest BCUT2D eigenvalue weighted by molar-refractivity contribution is -0.159. The number of aromatic nitrogens is 1. The van der Waals surface area contributed by atoms with E-state index < -0.39 is 0 Å². The van der Waals surface area contributed by atoms with Gasteiger partial charge in [0.15, 0.2) is 0 Å². The van der Waals surface area contributed by atoms with Crippen LogP contribution in [0.25, 0.3) is 0 Å². The van der Waals surface area contributed by atoms with Gasteiger partial charge in [0.25, 0.3) is 5.91 Å². The van der Waals surface area contributed by atoms with Gasteiger partial charge in [0.2, 0.25) is 5.91 Å². The third kappa shape index (κ3) is 4.13. The van der Waals surface area contributed by atoms with Crippen LogP contribution in [-0.4, -0.2) is 52.9 Å². The highest BCUT2D eigenvalue weighted by Gasteiger charge is 2.55. The first-order chi connectivity index (χ1) is 16.9. The molecule has 4 bridgehead atoms. The fraction of sp³-hybridized carbons (Fsp3) is 0.607. The largest absolute Gasteiger partial charge is 0.489 e. The first-order valence-electron chi connectivity index (χ1n) is 13.1. The Morgan fingerprint density at radius 2 is 1.63 bits per heavy atom. The molecule has 7 heteroatoms. The molecular formula is C28H35N3O4. The third-order valence-electron chi connectivity index (χ3n) is 8.99. The number of ether oxygens (including phenoxy) is 1. The molecule has 1 aromatic heterocycles. The van der Waals surface area contributed by atoms with Crippen molar-refractivity contribution in [3.8, 4) is 5.75 Å². The molecule has 5 aliphatic rings. The Bertz CT molecular complexity index is 1080. The number of carbonyl (C=O) groups is 2. The van der Waals surface area contributed by atoms with Gasteiger partial charge in [0, 0.05) is 31.7 Å². The number of piperazine rings is 1. The number of rotatable bonds is 5. The van der Waals surface area contributed by atoms with Gasteiger partial charge >= 0.3 is 0 Å². The minimum atomic E-state index is -0.103. The maximum Gasteiger partial charge on any atom is 0.254 e. The van der Waals surface area contributed by atoms with Crippen molar-refractivity contribution in [2.45, 2.75) is 59.0 Å². The second kappa shape index (κ2) is 8.68. The molecule has 1 aromatic carbocycles. The summed E-state index contributed by atoms with van der Waals surface area (Å²) in [6, 6.07) is 7.34. The smallest absolute Gasteiger partial charge is 0.254 e. The van der Waals surface area contributed by atoms with E-state index >= 15 is 0 Å². The van der Waals surface area contributed by atoms with E-state index in [1.807, 2.05) is 36.9 Å². The van der Waals surface area contributed by atoms with Crippen molar-refractivity contribution in [3.63, 3.8) is 0 Å². The summed E-state index contributed by atoms with van der Waals surface area (Å²) in [5, 5.41) is 3.96. The number of nitrogens with zero attached hydrogens (tertiary/aromatic N) is 3. The molecule has 7 rings (SSSR count). The van der Waals surface area contributed by atoms with E-state index in [1.165, 1.54) is 19.3 Å². The molecule has 4 saturated carbocycles. The van der Waals surface area contributed by atoms with Gasteiger partial charge in [0.1, 0.15) is 18.1 Å². The average molecular weight is 478 g/mol. The standard InChI is InChI=1S/C28H35N3O4/c1-18-25(19(2)35-29-18)17-34-24-5-3-4-23(13-24)26(32)30-6-8-31(9-7-30)27(33)28-14-20-10-21(15-28)12-22(11-20)16-28/h3-5,13,20-22H,6-12,14-17H2,1-2H3. The predicted octanol–water partition coefficient (Wildman–Crippen LogP) is 4.37. The van der Waals surface area contributed by atoms with Crippen molar-refractivity contribution >= 4 is 11.8 Å². The number of amides is 2. The van der Waals surface area contributed by atoms with Gasteiger partial charge in [-0.3, -0.25) is 9.59 Å². The fourth-order valence-corrected chi connectivity index (χ4v) is 7.59. The molecule has 0 spiro atoms. The van der Waals surface area contributed by atoms with Gasteiger partial charge in [-0.05, 0) is 88.3 Å². The second-order valence-corrected chi connectivity index (χ2v) is 11.4. The van der Waals surface area contributed by atoms with E-state index in [4.69, 9.17) is 9.26 Å². The Labute approximate surface area is 206 Å². The molecule has 186 valence electrons. The van der Waals surface area contributed by atoms with Gasteiger partial charge in [-0.25, -0.2) is 0 Å². The topological polar surface area (TPSA) is 75.9 Å². The van der Waals surface area contributed by atoms with Crippen LogP contribution >= 0.6 is 0 Å². The molecule has 1 aliphatic heterocycles. The molecule has 0 N–H and O–H groups in total. The Hall–Kier alpha value is -2.83. The van der Waals surface area contributed by atoms with E-state index in [9.17, 15) is 9.59 Å². The molecule has 0 atom stereocenters. The lowest BCUT2D eigenvalue weighted by Gasteiger charge is -2.57. The minimum Gasteiger partial charge on any atom is -0.489 e. The van der Waals surface area contributed by atoms with Crippen molar-refractivity contribution in [1.82, 2.24) is 15.0 Å². The maximum atomic E-state index is 13.7. The number of hydrogen-bond donors (Lipinski definition) is 0. The van der Waals surface area contributed by atoms with E-state index in [-0.39, 0.29) is 11.3 Å². The molecule has 2 aromatic rings. The monoisotopic (exact) mass is 477 g/mol. The second-order valence-electron chi connectivity index (χ2n) is 11.4. The van der Waals surface area contributed by atoms with E-state index in [2.05, 4.69) is 10.1 Å². The zero-order valence-corrected chi connectivity index (χ0v) is 20.8. The normalized spacial score (nSPS) is 29.5. The Kier molecular flexibility index (Phi) is 5.61. The molecule has 35 heavy (non-hydrogen) atoms. The van der Waals surface area contributed by atoms with Crippen LogP contribution in [0.3, 0.4) is 0 Å². The molecular weight excluding hydrogens is 442 g/mol. The summed E-state index contributed by atoms with van der Waals surface area (Å²) in [5.41, 5.74) is 2.26. The third-order valence-corrected chi connectivity index (χ3v) is 8.99. The summed E-state index contributed by atoms with van der Waals surface area (Å²) < 4.78 is 11.1. The summed E-state index contributed by atoms with van der Waals surface area (Å²) in [6.07, 6.45) is 7.31. The van der Waals surface area contributed by atoms with Gasteiger partial charge in [-0.15, -0.1) is 0 Å². The quantitative estimate of drug-likeness (QED) is 0.639. The number of carbonyl (C=O) groups excluding carboxylic acids is 2. The summed E-state index contributed by atoms with van der Waals surface area (Å²) in [4.78, 5) is 30.8. The first kappa shape index (κ1) is 22.6. The predicted molar refractivity (Wildman–Crippen MR) is 130 cm³/mol. The van der Waals surface area contributed by atoms with E-state index in [1.54, 1.807) is 6.07 Å². The van der Waals surface area contributed by atoms with Crippen LogP contribution in [0.15, 0.2) is 28.8 Å². The molecule has 2 heterocycles. The summed E-state index contributed by atoms with van der Waals surface area (Å²) in [7, 11) is 0. The maximum absolute atomic E-state index is 13.7. The summed E-state index contributed by atoms with van der Waals surface area (Å²) in [5.74, 6) is 4.05. The summed E-state index contributed by atoms with van der Waals surface area (Å²) in [6.45, 7) is 6.55. The Morgan fingerprint density at radius 3 is 2.23 bits per heavy atom. The lowest BCUT2D eigenvalue weighted by atomic mass is 9.49. The highest BCUT2D eigenvalue weighted by atomic mass is 16.5. The van der Waals surface area contributed by atoms with Crippen LogP contribution in [0.5, 0.6) is 5.75 Å². The highest BCUT2D eigenvalue weighted by molar-refractivity contribution is 5.95. The van der Waals surface area contributed by atoms with Gasteiger partial charge in [0.05, 0.1) is 16.7 Å². The molecule has 0 radical (unpaired) electrons. The zero-order valence-electron chi connectivity index (χ0n) is 20.8. The van der Waals surface area contributed by atoms with Crippen LogP contribution in [0, 0.1) is 37.0 Å². The van der Waals surface area contributed by atoms with Gasteiger partial charge in [-0.1, -0.05) is 11.2 Å². The van der Waals surface area contributed by atoms with Gasteiger partial charge < -0.3 is 19.1 Å². The number of aryl methyl sites for hydroxylation is 2. The van der Waals surface area contributed by atoms with Crippen LogP contribution in [0.1, 0.15) is 65.9 Å². The molecule has 2 amide bonds. The van der Waals surface area contributed by atoms with Crippen molar-refractivity contribution in [2.75, 3.05) is 26.2 Å². The minimum absolute atomic E-state index is 0.00491. The van der Waals surface area contributed by atoms with E-state index in [0.29, 0.717) is 50.0 Å². The molecule has 1 saturated heterocycles. The molecule has 5 fully saturated rings. The molecule has 7 nitrogen and oxygen atoms in total. The Morgan fingerprint density at radius 1 is 1.00 bits per heavy atom. The lowest BCUT2D eigenvalue weighted by Crippen LogP contribution is -2.58. The number of benzene rings is 1. The average Bonchev–Trinajstić information content (AvgIpc) is 3.18. The van der Waals surface area contributed by atoms with Crippen molar-refractivity contribution < 1.29 is 18.8 Å². The molecule has 4 aliphatic carbocycles. The van der Waals surface area contributed by atoms with Crippen molar-refractivity contribution in [3.05, 3.63) is 46.8 Å². The van der Waals surface area contributed by atoms with Crippen LogP contribution in [-0.2, 0) is 11.4 Å². The Balaban J connectivity index is 1.07. The van der Waals surface area contributed by atoms with E-state index in [0.717, 1.165) is 54.0 Å². The SMILES string of the molecule is Cc1noc(C)c1COc1cccc(C(=O)N2CCN(C(=O)C34CC5CC(CC(C5)C3)C4)CC2)c1. The summed E-state index contributed by atoms with van der Waals surface area (Å²) >= 11 is 0. The van der Waals surface area contributed by atoms with Crippen LogP contribution in [0.4, 0.5) is 0 Å². The van der Waals surface area contributed by atoms with Crippen LogP contribution in [0.2, 0.25) is 0 Å². The number of hydrogen-bond acceptors (Lipinski definition) is 5. The van der Waals surface area contributed by atoms with Crippen molar-refractivity contribution in [2.24, 2.45) is 23.2 Å². The van der Waals surface area contributed by atoms with Gasteiger partial charge in [-0.2, -0.15) is 0 Å². The fourth-order valence-electron chi connectivity index (χ4n) is 7.59. The van der Waals surface area contributed by atoms with Crippen molar-refractivity contribution in [1.29, 1.82) is 0 Å². The zero-order chi connectivity index (χ0) is 24.2. The highest BCUT2D eigenvalue weighted by Crippen LogP contribution is 2.60. The first-order valence-corrected chi connectivity index (χ1v) is 13.1.